The molecule has 0 aromatic carbocycles. The van der Waals surface area contributed by atoms with E-state index in [1.807, 2.05) is 0 Å². The molecule has 0 spiro atoms. The lowest BCUT2D eigenvalue weighted by molar-refractivity contribution is -0.123. The van der Waals surface area contributed by atoms with Crippen LogP contribution >= 0.6 is 0 Å². The van der Waals surface area contributed by atoms with Crippen molar-refractivity contribution >= 4 is 15.6 Å². The van der Waals surface area contributed by atoms with E-state index in [2.05, 4.69) is 5.10 Å². The van der Waals surface area contributed by atoms with Crippen LogP contribution in [0.1, 0.15) is 0 Å². The zero-order chi connectivity index (χ0) is 10.3. The first-order chi connectivity index (χ1) is 6.48. The maximum Gasteiger partial charge on any atom is 0.231 e. The summed E-state index contributed by atoms with van der Waals surface area (Å²) in [5.41, 5.74) is 0. The molecular formula is C7H8N2O4S. The van der Waals surface area contributed by atoms with E-state index in [1.54, 1.807) is 0 Å². The minimum absolute atomic E-state index is 0.0324. The minimum atomic E-state index is -3.34. The maximum atomic E-state index is 11.2. The van der Waals surface area contributed by atoms with Crippen molar-refractivity contribution in [2.45, 2.75) is 11.4 Å². The molecule has 0 unspecified atom stereocenters. The zero-order valence-electron chi connectivity index (χ0n) is 7.43. The molecule has 0 aliphatic carbocycles. The van der Waals surface area contributed by atoms with Gasteiger partial charge in [0.2, 0.25) is 5.88 Å². The van der Waals surface area contributed by atoms with Gasteiger partial charge in [0.25, 0.3) is 0 Å². The fraction of sp³-hybridized carbons (Fsp3) is 0.429. The molecule has 76 valence electrons. The zero-order valence-corrected chi connectivity index (χ0v) is 8.24. The third-order valence-electron chi connectivity index (χ3n) is 1.86. The van der Waals surface area contributed by atoms with Crippen LogP contribution in [0.15, 0.2) is 11.1 Å². The standard InChI is InChI=1S/C7H8N2O4S/c1-14(11,12)6-2-8-9-3-5(10)4-13-7(6)9/h2H,3-4H2,1H3. The first kappa shape index (κ1) is 9.20. The van der Waals surface area contributed by atoms with Crippen molar-refractivity contribution in [2.75, 3.05) is 12.9 Å². The third kappa shape index (κ3) is 1.39. The van der Waals surface area contributed by atoms with Crippen LogP contribution in [0.3, 0.4) is 0 Å². The van der Waals surface area contributed by atoms with Gasteiger partial charge in [-0.1, -0.05) is 0 Å². The Bertz CT molecular complexity index is 488. The highest BCUT2D eigenvalue weighted by atomic mass is 32.2. The van der Waals surface area contributed by atoms with Gasteiger partial charge in [0.05, 0.1) is 6.20 Å². The number of aromatic nitrogens is 2. The molecule has 1 aliphatic rings. The molecule has 6 nitrogen and oxygen atoms in total. The Morgan fingerprint density at radius 2 is 2.29 bits per heavy atom. The number of sulfone groups is 1. The van der Waals surface area contributed by atoms with Gasteiger partial charge in [-0.25, -0.2) is 13.1 Å². The minimum Gasteiger partial charge on any atom is -0.469 e. The molecule has 0 bridgehead atoms. The van der Waals surface area contributed by atoms with Crippen molar-refractivity contribution in [3.8, 4) is 5.88 Å². The van der Waals surface area contributed by atoms with Gasteiger partial charge in [-0.05, 0) is 0 Å². The number of rotatable bonds is 1. The van der Waals surface area contributed by atoms with E-state index in [4.69, 9.17) is 4.74 Å². The van der Waals surface area contributed by atoms with Gasteiger partial charge in [-0.15, -0.1) is 0 Å². The van der Waals surface area contributed by atoms with E-state index in [0.717, 1.165) is 6.26 Å². The van der Waals surface area contributed by atoms with Crippen molar-refractivity contribution in [1.82, 2.24) is 9.78 Å². The Kier molecular flexibility index (Phi) is 1.84. The van der Waals surface area contributed by atoms with Crippen LogP contribution < -0.4 is 4.74 Å². The number of carbonyl (C=O) groups excluding carboxylic acids is 1. The van der Waals surface area contributed by atoms with Crippen LogP contribution in [0.5, 0.6) is 5.88 Å². The molecule has 0 saturated heterocycles. The third-order valence-corrected chi connectivity index (χ3v) is 2.93. The molecule has 1 aliphatic heterocycles. The summed E-state index contributed by atoms with van der Waals surface area (Å²) in [4.78, 5) is 11.0. The van der Waals surface area contributed by atoms with Crippen molar-refractivity contribution in [3.05, 3.63) is 6.20 Å². The predicted molar refractivity (Wildman–Crippen MR) is 45.8 cm³/mol. The molecule has 0 saturated carbocycles. The van der Waals surface area contributed by atoms with Crippen LogP contribution in [-0.4, -0.2) is 36.8 Å². The average Bonchev–Trinajstić information content (AvgIpc) is 2.45. The lowest BCUT2D eigenvalue weighted by Crippen LogP contribution is -2.26. The Morgan fingerprint density at radius 1 is 1.57 bits per heavy atom. The molecule has 1 aromatic heterocycles. The van der Waals surface area contributed by atoms with Gasteiger partial charge in [0, 0.05) is 6.26 Å². The molecule has 0 fully saturated rings. The normalized spacial score (nSPS) is 16.2. The van der Waals surface area contributed by atoms with Gasteiger partial charge in [0.15, 0.2) is 22.2 Å². The molecule has 2 rings (SSSR count). The maximum absolute atomic E-state index is 11.2. The van der Waals surface area contributed by atoms with Crippen molar-refractivity contribution < 1.29 is 17.9 Å². The Labute approximate surface area is 80.4 Å². The summed E-state index contributed by atoms with van der Waals surface area (Å²) in [7, 11) is -3.34. The van der Waals surface area contributed by atoms with Gasteiger partial charge in [-0.2, -0.15) is 5.10 Å². The monoisotopic (exact) mass is 216 g/mol. The Balaban J connectivity index is 2.54. The van der Waals surface area contributed by atoms with E-state index in [0.29, 0.717) is 0 Å². The Morgan fingerprint density at radius 3 is 2.93 bits per heavy atom. The number of fused-ring (bicyclic) bond motifs is 1. The number of ether oxygens (including phenoxy) is 1. The number of hydrogen-bond acceptors (Lipinski definition) is 5. The summed E-state index contributed by atoms with van der Waals surface area (Å²) in [5, 5.41) is 3.77. The summed E-state index contributed by atoms with van der Waals surface area (Å²) in [6.07, 6.45) is 2.27. The van der Waals surface area contributed by atoms with Gasteiger partial charge < -0.3 is 4.74 Å². The summed E-state index contributed by atoms with van der Waals surface area (Å²) >= 11 is 0. The SMILES string of the molecule is CS(=O)(=O)c1cnn2c1OCC(=O)C2. The summed E-state index contributed by atoms with van der Waals surface area (Å²) in [6, 6.07) is 0. The summed E-state index contributed by atoms with van der Waals surface area (Å²) < 4.78 is 28.7. The molecule has 14 heavy (non-hydrogen) atoms. The van der Waals surface area contributed by atoms with Gasteiger partial charge >= 0.3 is 0 Å². The van der Waals surface area contributed by atoms with E-state index in [9.17, 15) is 13.2 Å². The number of hydrogen-bond donors (Lipinski definition) is 0. The quantitative estimate of drug-likeness (QED) is 0.617. The predicted octanol–water partition coefficient (Wildman–Crippen LogP) is -0.752. The average molecular weight is 216 g/mol. The molecule has 0 N–H and O–H groups in total. The van der Waals surface area contributed by atoms with E-state index >= 15 is 0 Å². The molecule has 0 radical (unpaired) electrons. The second-order valence-electron chi connectivity index (χ2n) is 3.07. The Hall–Kier alpha value is -1.37. The summed E-state index contributed by atoms with van der Waals surface area (Å²) in [5.74, 6) is 0.0350. The molecule has 1 aromatic rings. The van der Waals surface area contributed by atoms with Crippen LogP contribution in [0.25, 0.3) is 0 Å². The van der Waals surface area contributed by atoms with Crippen LogP contribution in [-0.2, 0) is 21.2 Å². The van der Waals surface area contributed by atoms with Crippen LogP contribution in [0.4, 0.5) is 0 Å². The lowest BCUT2D eigenvalue weighted by atomic mass is 10.4. The number of ketones is 1. The highest BCUT2D eigenvalue weighted by molar-refractivity contribution is 7.90. The van der Waals surface area contributed by atoms with Gasteiger partial charge in [-0.3, -0.25) is 4.79 Å². The first-order valence-electron chi connectivity index (χ1n) is 3.89. The fourth-order valence-corrected chi connectivity index (χ4v) is 1.95. The van der Waals surface area contributed by atoms with Crippen LogP contribution in [0, 0.1) is 0 Å². The smallest absolute Gasteiger partial charge is 0.231 e. The number of Topliss-reactive ketones (excluding diaryl/α,β-unsaturated/α-hetero) is 1. The first-order valence-corrected chi connectivity index (χ1v) is 5.78. The highest BCUT2D eigenvalue weighted by Gasteiger charge is 2.25. The molecule has 0 amide bonds. The second-order valence-corrected chi connectivity index (χ2v) is 5.06. The highest BCUT2D eigenvalue weighted by Crippen LogP contribution is 2.25. The molecule has 0 atom stereocenters. The van der Waals surface area contributed by atoms with Crippen LogP contribution in [0.2, 0.25) is 0 Å². The van der Waals surface area contributed by atoms with Crippen molar-refractivity contribution in [1.29, 1.82) is 0 Å². The van der Waals surface area contributed by atoms with E-state index < -0.39 is 9.84 Å². The van der Waals surface area contributed by atoms with Crippen molar-refractivity contribution in [2.24, 2.45) is 0 Å². The number of nitrogens with zero attached hydrogens (tertiary/aromatic N) is 2. The molecule has 2 heterocycles. The van der Waals surface area contributed by atoms with E-state index in [1.165, 1.54) is 10.9 Å². The van der Waals surface area contributed by atoms with Gasteiger partial charge in [0.1, 0.15) is 11.4 Å². The van der Waals surface area contributed by atoms with Crippen molar-refractivity contribution in [3.63, 3.8) is 0 Å². The van der Waals surface area contributed by atoms with E-state index in [-0.39, 0.29) is 29.7 Å². The topological polar surface area (TPSA) is 78.3 Å². The number of carbonyl (C=O) groups is 1. The fourth-order valence-electron chi connectivity index (χ4n) is 1.23. The summed E-state index contributed by atoms with van der Waals surface area (Å²) in [6.45, 7) is -0.0148. The second kappa shape index (κ2) is 2.81. The lowest BCUT2D eigenvalue weighted by Gasteiger charge is -2.14. The molecule has 7 heteroatoms. The largest absolute Gasteiger partial charge is 0.469 e. The molecular weight excluding hydrogens is 208 g/mol.